The number of hydrogen-bond donors (Lipinski definition) is 8. The number of carbonyl (C=O) groups is 14. The molecular formula is C73H110N10O26. The van der Waals surface area contributed by atoms with E-state index in [2.05, 4.69) is 31.9 Å². The molecule has 2 aromatic carbocycles. The van der Waals surface area contributed by atoms with E-state index in [4.69, 9.17) is 52.2 Å². The number of anilines is 1. The van der Waals surface area contributed by atoms with E-state index in [0.29, 0.717) is 31.4 Å². The minimum absolute atomic E-state index is 0.0361. The minimum atomic E-state index is -1.93. The van der Waals surface area contributed by atoms with Gasteiger partial charge in [-0.3, -0.25) is 62.5 Å². The highest BCUT2D eigenvalue weighted by atomic mass is 16.7. The van der Waals surface area contributed by atoms with Crippen LogP contribution in [-0.4, -0.2) is 250 Å². The van der Waals surface area contributed by atoms with E-state index in [1.807, 2.05) is 25.4 Å². The quantitative estimate of drug-likeness (QED) is 0.0272. The second-order valence-electron chi connectivity index (χ2n) is 28.2. The number of nitrogens with one attached hydrogen (secondary N) is 7. The Bertz CT molecular complexity index is 3470. The van der Waals surface area contributed by atoms with Crippen LogP contribution in [0.2, 0.25) is 0 Å². The zero-order chi connectivity index (χ0) is 81.9. The molecule has 2 saturated heterocycles. The molecule has 2 aliphatic heterocycles. The van der Waals surface area contributed by atoms with Gasteiger partial charge in [0, 0.05) is 66.9 Å². The lowest BCUT2D eigenvalue weighted by molar-refractivity contribution is -0.282. The molecule has 109 heavy (non-hydrogen) atoms. The summed E-state index contributed by atoms with van der Waals surface area (Å²) in [7, 11) is 6.74. The number of methoxy groups -OCH3 is 3. The number of rotatable bonds is 38. The molecule has 0 bridgehead atoms. The van der Waals surface area contributed by atoms with Crippen molar-refractivity contribution < 1.29 is 124 Å². The summed E-state index contributed by atoms with van der Waals surface area (Å²) in [6.07, 6.45) is -12.4. The van der Waals surface area contributed by atoms with Crippen molar-refractivity contribution in [1.29, 1.82) is 0 Å². The molecule has 0 spiro atoms. The summed E-state index contributed by atoms with van der Waals surface area (Å²) in [6, 6.07) is 8.22. The molecule has 10 amide bonds. The van der Waals surface area contributed by atoms with Crippen molar-refractivity contribution in [2.75, 3.05) is 73.5 Å². The summed E-state index contributed by atoms with van der Waals surface area (Å²) in [5.74, 6) is -11.9. The number of hydroxylamine groups is 1. The molecule has 2 aliphatic rings. The summed E-state index contributed by atoms with van der Waals surface area (Å²) < 4.78 is 56.5. The Kier molecular flexibility index (Phi) is 36.5. The molecule has 0 aliphatic carbocycles. The smallest absolute Gasteiger partial charge is 0.431 e. The van der Waals surface area contributed by atoms with Crippen molar-refractivity contribution in [3.8, 4) is 5.75 Å². The highest BCUT2D eigenvalue weighted by Crippen LogP contribution is 2.35. The van der Waals surface area contributed by atoms with Crippen LogP contribution in [-0.2, 0) is 112 Å². The second-order valence-corrected chi connectivity index (χ2v) is 28.2. The van der Waals surface area contributed by atoms with Crippen molar-refractivity contribution in [2.45, 2.75) is 214 Å². The van der Waals surface area contributed by atoms with Gasteiger partial charge in [0.2, 0.25) is 59.7 Å². The first-order chi connectivity index (χ1) is 51.2. The third-order valence-electron chi connectivity index (χ3n) is 17.9. The number of ether oxygens (including phenoxy) is 10. The van der Waals surface area contributed by atoms with Gasteiger partial charge in [0.1, 0.15) is 30.0 Å². The lowest BCUT2D eigenvalue weighted by Crippen LogP contribution is -2.64. The number of nitrogens with zero attached hydrogens (tertiary/aromatic N) is 3. The van der Waals surface area contributed by atoms with Crippen molar-refractivity contribution in [1.82, 2.24) is 46.8 Å². The maximum Gasteiger partial charge on any atom is 0.431 e. The highest BCUT2D eigenvalue weighted by molar-refractivity contribution is 5.96. The van der Waals surface area contributed by atoms with Crippen LogP contribution in [0.3, 0.4) is 0 Å². The second kappa shape index (κ2) is 43.4. The molecule has 0 aromatic heterocycles. The number of aliphatic hydroxyl groups excluding tert-OH is 1. The number of aliphatic hydroxyl groups is 1. The third kappa shape index (κ3) is 28.0. The summed E-state index contributed by atoms with van der Waals surface area (Å²) in [5, 5.41) is 26.1. The monoisotopic (exact) mass is 1540 g/mol. The van der Waals surface area contributed by atoms with Gasteiger partial charge in [-0.05, 0) is 82.1 Å². The first kappa shape index (κ1) is 91.6. The normalized spacial score (nSPS) is 19.4. The van der Waals surface area contributed by atoms with E-state index in [-0.39, 0.29) is 41.2 Å². The largest absolute Gasteiger partial charge is 0.467 e. The van der Waals surface area contributed by atoms with E-state index in [1.54, 1.807) is 98.5 Å². The lowest BCUT2D eigenvalue weighted by Gasteiger charge is -2.43. The van der Waals surface area contributed by atoms with E-state index < -0.39 is 207 Å². The number of benzene rings is 2. The molecule has 15 atom stereocenters. The zero-order valence-electron chi connectivity index (χ0n) is 65.5. The molecule has 3 unspecified atom stereocenters. The van der Waals surface area contributed by atoms with E-state index in [1.165, 1.54) is 44.4 Å². The maximum atomic E-state index is 15.1. The predicted molar refractivity (Wildman–Crippen MR) is 386 cm³/mol. The molecule has 0 radical (unpaired) electrons. The van der Waals surface area contributed by atoms with E-state index >= 15 is 4.79 Å². The van der Waals surface area contributed by atoms with Crippen molar-refractivity contribution in [2.24, 2.45) is 23.7 Å². The van der Waals surface area contributed by atoms with Gasteiger partial charge in [0.25, 0.3) is 0 Å². The zero-order valence-corrected chi connectivity index (χ0v) is 65.5. The number of likely N-dealkylation sites (tertiary alicyclic amines) is 1. The number of likely N-dealkylation sites (N-methyl/N-ethyl adjacent to an activating group) is 2. The number of esters is 4. The molecular weight excluding hydrogens is 1430 g/mol. The fourth-order valence-electron chi connectivity index (χ4n) is 12.5. The van der Waals surface area contributed by atoms with Crippen LogP contribution in [0, 0.1) is 23.7 Å². The Labute approximate surface area is 634 Å². The Balaban J connectivity index is 1.58. The first-order valence-electron chi connectivity index (χ1n) is 35.8. The molecule has 2 heterocycles. The molecule has 36 heteroatoms. The third-order valence-corrected chi connectivity index (χ3v) is 17.9. The van der Waals surface area contributed by atoms with Crippen molar-refractivity contribution >= 4 is 89.0 Å². The van der Waals surface area contributed by atoms with Gasteiger partial charge in [-0.1, -0.05) is 85.2 Å². The van der Waals surface area contributed by atoms with Crippen molar-refractivity contribution in [3.05, 3.63) is 59.7 Å². The molecule has 36 nitrogen and oxygen atoms in total. The van der Waals surface area contributed by atoms with E-state index in [9.17, 15) is 67.4 Å². The standard InChI is InChI=1S/C73H110N10O26/c1-20-40(6)59(51(99-17)32-56(91)83-30-24-27-49(83)61(100-18)41(7)66(93)77-42(8)60(92)46-25-22-21-23-26-46)81(15)68(95)57(38(2)3)79-67(94)58(39(4)5)82(16)72(98)102-36-47-31-48(78-54(89)35-75-52(87)33-74-53(88)34-76-55(90)37-103-80-71(97)109-73(12,13)14)28-29-50(47)107-70-65(106-45(11)86)63(105-44(10)85)62(104-43(9)84)64(108-70)69(96)101-19/h21-23,25-26,28-29,31,38-42,49,51,57-65,70,92H,20,24,27,30,32-37H2,1-19H3,(H,74,88)(H,75,87)(H,76,90)(H,77,93)(H,78,89)(H,79,94)(H,80,97)/t40-,41+,42+,49-,51+,57-,58-,59-,60+,61+,62-,63?,64?,65?,70+/m0/s1. The first-order valence-corrected chi connectivity index (χ1v) is 35.8. The number of hydrogen-bond acceptors (Lipinski definition) is 26. The van der Waals surface area contributed by atoms with Gasteiger partial charge < -0.3 is 94.2 Å². The van der Waals surface area contributed by atoms with Crippen molar-refractivity contribution in [3.63, 3.8) is 0 Å². The topological polar surface area (TPSA) is 455 Å². The highest BCUT2D eigenvalue weighted by Gasteiger charge is 2.56. The number of amides is 10. The minimum Gasteiger partial charge on any atom is -0.467 e. The lowest BCUT2D eigenvalue weighted by atomic mass is 9.89. The Morgan fingerprint density at radius 1 is 0.697 bits per heavy atom. The van der Waals surface area contributed by atoms with Crippen LogP contribution in [0.5, 0.6) is 5.75 Å². The summed E-state index contributed by atoms with van der Waals surface area (Å²) in [5.41, 5.74) is 1.56. The van der Waals surface area contributed by atoms with Gasteiger partial charge >= 0.3 is 36.1 Å². The molecule has 0 saturated carbocycles. The van der Waals surface area contributed by atoms with Crippen LogP contribution in [0.4, 0.5) is 15.3 Å². The summed E-state index contributed by atoms with van der Waals surface area (Å²) >= 11 is 0. The Morgan fingerprint density at radius 3 is 1.83 bits per heavy atom. The SMILES string of the molecule is CC[C@H](C)[C@@H]([C@@H](CC(=O)N1CCC[C@H]1[C@H](OC)[C@@H](C)C(=O)N[C@H](C)[C@@H](O)c1ccccc1)OC)N(C)C(=O)[C@@H](NC(=O)[C@H](C(C)C)N(C)C(=O)OCc1cc(NC(=O)CNC(=O)CNC(=O)CNC(=O)CONC(=O)OC(C)(C)C)ccc1O[C@@H]1OC(C(=O)OC)[C@@H](OC(C)=O)C(OC(C)=O)C1OC(C)=O)C(C)C. The fraction of sp³-hybridized carbons (Fsp3) is 0.644. The molecule has 608 valence electrons. The van der Waals surface area contributed by atoms with Crippen LogP contribution >= 0.6 is 0 Å². The summed E-state index contributed by atoms with van der Waals surface area (Å²) in [4.78, 5) is 195. The van der Waals surface area contributed by atoms with Gasteiger partial charge in [-0.2, -0.15) is 5.48 Å². The van der Waals surface area contributed by atoms with Gasteiger partial charge in [-0.15, -0.1) is 0 Å². The van der Waals surface area contributed by atoms with Gasteiger partial charge in [-0.25, -0.2) is 14.4 Å². The fourth-order valence-corrected chi connectivity index (χ4v) is 12.5. The van der Waals surface area contributed by atoms with Gasteiger partial charge in [0.05, 0.1) is 75.5 Å². The van der Waals surface area contributed by atoms with Crippen LogP contribution in [0.25, 0.3) is 0 Å². The van der Waals surface area contributed by atoms with Crippen LogP contribution in [0.1, 0.15) is 140 Å². The number of carbonyl (C=O) groups excluding carboxylic acids is 14. The average molecular weight is 1540 g/mol. The molecule has 8 N–H and O–H groups in total. The molecule has 4 rings (SSSR count). The van der Waals surface area contributed by atoms with Crippen LogP contribution < -0.4 is 42.1 Å². The van der Waals surface area contributed by atoms with E-state index in [0.717, 1.165) is 32.8 Å². The van der Waals surface area contributed by atoms with Crippen LogP contribution in [0.15, 0.2) is 48.5 Å². The maximum absolute atomic E-state index is 15.1. The molecule has 2 fully saturated rings. The average Bonchev–Trinajstić information content (AvgIpc) is 1.19. The Morgan fingerprint density at radius 2 is 1.28 bits per heavy atom. The summed E-state index contributed by atoms with van der Waals surface area (Å²) in [6.45, 7) is 18.7. The molecule has 2 aromatic rings. The Hall–Kier alpha value is -9.78. The van der Waals surface area contributed by atoms with Gasteiger partial charge in [0.15, 0.2) is 24.9 Å². The predicted octanol–water partition coefficient (Wildman–Crippen LogP) is 2.39.